The third-order valence-electron chi connectivity index (χ3n) is 2.47. The van der Waals surface area contributed by atoms with Crippen LogP contribution in [0.2, 0.25) is 0 Å². The van der Waals surface area contributed by atoms with Crippen LogP contribution in [0.5, 0.6) is 0 Å². The Balaban J connectivity index is 2.40. The van der Waals surface area contributed by atoms with Crippen LogP contribution < -0.4 is 5.32 Å². The van der Waals surface area contributed by atoms with Gasteiger partial charge in [0.2, 0.25) is 0 Å². The Kier molecular flexibility index (Phi) is 6.86. The summed E-state index contributed by atoms with van der Waals surface area (Å²) in [7, 11) is 0. The third kappa shape index (κ3) is 6.07. The number of nitrogens with one attached hydrogen (secondary N) is 1. The second kappa shape index (κ2) is 8.16. The zero-order chi connectivity index (χ0) is 14.3. The summed E-state index contributed by atoms with van der Waals surface area (Å²) in [6.07, 6.45) is 0.606. The standard InChI is InChI=1S/C12H17F2NO3S/c1-8(4-5-16)6-15-11(17)10-3-2-9(18-10)7-19-12(13)14/h2-3,8,12,16H,4-7H2,1H3,(H,15,17). The number of hydrogen-bond donors (Lipinski definition) is 2. The third-order valence-corrected chi connectivity index (χ3v) is 3.17. The molecule has 0 fully saturated rings. The predicted octanol–water partition coefficient (Wildman–Crippen LogP) is 2.48. The molecular formula is C12H17F2NO3S. The van der Waals surface area contributed by atoms with E-state index in [2.05, 4.69) is 5.32 Å². The molecule has 0 radical (unpaired) electrons. The van der Waals surface area contributed by atoms with Crippen molar-refractivity contribution in [1.82, 2.24) is 5.32 Å². The lowest BCUT2D eigenvalue weighted by Crippen LogP contribution is -2.28. The number of aliphatic hydroxyl groups excluding tert-OH is 1. The molecule has 7 heteroatoms. The molecule has 1 amide bonds. The molecule has 19 heavy (non-hydrogen) atoms. The van der Waals surface area contributed by atoms with Gasteiger partial charge in [0.05, 0.1) is 5.75 Å². The molecule has 1 atom stereocenters. The minimum Gasteiger partial charge on any atom is -0.455 e. The maximum absolute atomic E-state index is 12.0. The lowest BCUT2D eigenvalue weighted by atomic mass is 10.1. The van der Waals surface area contributed by atoms with Crippen LogP contribution in [-0.2, 0) is 5.75 Å². The molecular weight excluding hydrogens is 276 g/mol. The van der Waals surface area contributed by atoms with Crippen molar-refractivity contribution in [3.63, 3.8) is 0 Å². The minimum absolute atomic E-state index is 0.0336. The summed E-state index contributed by atoms with van der Waals surface area (Å²) in [4.78, 5) is 11.7. The van der Waals surface area contributed by atoms with E-state index in [0.29, 0.717) is 30.5 Å². The Bertz CT molecular complexity index is 398. The van der Waals surface area contributed by atoms with Gasteiger partial charge in [-0.1, -0.05) is 18.7 Å². The highest BCUT2D eigenvalue weighted by molar-refractivity contribution is 7.98. The molecule has 1 aromatic rings. The predicted molar refractivity (Wildman–Crippen MR) is 69.2 cm³/mol. The largest absolute Gasteiger partial charge is 0.455 e. The number of aliphatic hydroxyl groups is 1. The number of amides is 1. The molecule has 2 N–H and O–H groups in total. The number of alkyl halides is 2. The summed E-state index contributed by atoms with van der Waals surface area (Å²) in [5.41, 5.74) is 0. The van der Waals surface area contributed by atoms with Gasteiger partial charge >= 0.3 is 0 Å². The smallest absolute Gasteiger partial charge is 0.287 e. The van der Waals surface area contributed by atoms with Crippen molar-refractivity contribution in [2.75, 3.05) is 13.2 Å². The first-order valence-electron chi connectivity index (χ1n) is 5.90. The first-order valence-corrected chi connectivity index (χ1v) is 6.95. The van der Waals surface area contributed by atoms with Gasteiger partial charge in [0.15, 0.2) is 5.76 Å². The van der Waals surface area contributed by atoms with Crippen molar-refractivity contribution in [2.45, 2.75) is 24.9 Å². The molecule has 0 saturated carbocycles. The molecule has 1 unspecified atom stereocenters. The summed E-state index contributed by atoms with van der Waals surface area (Å²) in [5.74, 6) is -2.18. The Morgan fingerprint density at radius 2 is 2.26 bits per heavy atom. The Labute approximate surface area is 114 Å². The number of hydrogen-bond acceptors (Lipinski definition) is 4. The van der Waals surface area contributed by atoms with Gasteiger partial charge in [-0.05, 0) is 24.5 Å². The summed E-state index contributed by atoms with van der Waals surface area (Å²) in [6, 6.07) is 2.98. The minimum atomic E-state index is -2.46. The molecule has 108 valence electrons. The first-order chi connectivity index (χ1) is 9.02. The number of rotatable bonds is 8. The molecule has 0 aromatic carbocycles. The van der Waals surface area contributed by atoms with E-state index in [0.717, 1.165) is 0 Å². The monoisotopic (exact) mass is 293 g/mol. The van der Waals surface area contributed by atoms with Crippen molar-refractivity contribution in [2.24, 2.45) is 5.92 Å². The van der Waals surface area contributed by atoms with Crippen molar-refractivity contribution in [3.05, 3.63) is 23.7 Å². The molecule has 0 aliphatic rings. The normalized spacial score (nSPS) is 12.7. The van der Waals surface area contributed by atoms with Gasteiger partial charge < -0.3 is 14.8 Å². The highest BCUT2D eigenvalue weighted by Crippen LogP contribution is 2.21. The Morgan fingerprint density at radius 3 is 2.89 bits per heavy atom. The molecule has 0 spiro atoms. The molecule has 1 heterocycles. The van der Waals surface area contributed by atoms with Gasteiger partial charge in [-0.3, -0.25) is 4.79 Å². The Hall–Kier alpha value is -1.08. The van der Waals surface area contributed by atoms with Crippen molar-refractivity contribution in [1.29, 1.82) is 0 Å². The second-order valence-electron chi connectivity index (χ2n) is 4.17. The molecule has 1 aromatic heterocycles. The average molecular weight is 293 g/mol. The number of carbonyl (C=O) groups is 1. The van der Waals surface area contributed by atoms with E-state index in [1.807, 2.05) is 6.92 Å². The number of thioether (sulfide) groups is 1. The summed E-state index contributed by atoms with van der Waals surface area (Å²) in [6.45, 7) is 2.41. The van der Waals surface area contributed by atoms with Gasteiger partial charge in [-0.25, -0.2) is 0 Å². The second-order valence-corrected chi connectivity index (χ2v) is 5.14. The van der Waals surface area contributed by atoms with Crippen molar-refractivity contribution in [3.8, 4) is 0 Å². The topological polar surface area (TPSA) is 62.5 Å². The maximum atomic E-state index is 12.0. The van der Waals surface area contributed by atoms with Crippen molar-refractivity contribution < 1.29 is 23.1 Å². The van der Waals surface area contributed by atoms with Crippen LogP contribution in [0.4, 0.5) is 8.78 Å². The fourth-order valence-electron chi connectivity index (χ4n) is 1.40. The number of carbonyl (C=O) groups excluding carboxylic acids is 1. The van der Waals surface area contributed by atoms with Crippen LogP contribution >= 0.6 is 11.8 Å². The van der Waals surface area contributed by atoms with Gasteiger partial charge in [-0.2, -0.15) is 8.78 Å². The zero-order valence-electron chi connectivity index (χ0n) is 10.6. The average Bonchev–Trinajstić information content (AvgIpc) is 2.82. The van der Waals surface area contributed by atoms with Crippen LogP contribution in [-0.4, -0.2) is 29.9 Å². The lowest BCUT2D eigenvalue weighted by molar-refractivity contribution is 0.0916. The van der Waals surface area contributed by atoms with E-state index in [-0.39, 0.29) is 29.9 Å². The quantitative estimate of drug-likeness (QED) is 0.773. The highest BCUT2D eigenvalue weighted by atomic mass is 32.2. The molecule has 0 saturated heterocycles. The van der Waals surface area contributed by atoms with E-state index in [9.17, 15) is 13.6 Å². The van der Waals surface area contributed by atoms with Gasteiger partial charge in [0.25, 0.3) is 11.7 Å². The van der Waals surface area contributed by atoms with E-state index in [1.165, 1.54) is 12.1 Å². The highest BCUT2D eigenvalue weighted by Gasteiger charge is 2.13. The van der Waals surface area contributed by atoms with Gasteiger partial charge in [0.1, 0.15) is 5.76 Å². The molecule has 4 nitrogen and oxygen atoms in total. The van der Waals surface area contributed by atoms with Crippen LogP contribution in [0.15, 0.2) is 16.5 Å². The number of furan rings is 1. The zero-order valence-corrected chi connectivity index (χ0v) is 11.4. The number of halogens is 2. The molecule has 0 aliphatic heterocycles. The maximum Gasteiger partial charge on any atom is 0.287 e. The van der Waals surface area contributed by atoms with Crippen molar-refractivity contribution >= 4 is 17.7 Å². The van der Waals surface area contributed by atoms with Crippen LogP contribution in [0.3, 0.4) is 0 Å². The van der Waals surface area contributed by atoms with E-state index >= 15 is 0 Å². The molecule has 0 aliphatic carbocycles. The fourth-order valence-corrected chi connectivity index (χ4v) is 1.84. The van der Waals surface area contributed by atoms with Gasteiger partial charge in [0, 0.05) is 13.2 Å². The first kappa shape index (κ1) is 16.0. The lowest BCUT2D eigenvalue weighted by Gasteiger charge is -2.09. The van der Waals surface area contributed by atoms with E-state index in [1.54, 1.807) is 0 Å². The molecule has 0 bridgehead atoms. The Morgan fingerprint density at radius 1 is 1.53 bits per heavy atom. The van der Waals surface area contributed by atoms with Crippen LogP contribution in [0.1, 0.15) is 29.7 Å². The SMILES string of the molecule is CC(CCO)CNC(=O)c1ccc(CSC(F)F)o1. The molecule has 1 rings (SSSR count). The summed E-state index contributed by atoms with van der Waals surface area (Å²) < 4.78 is 29.2. The van der Waals surface area contributed by atoms with E-state index in [4.69, 9.17) is 9.52 Å². The summed E-state index contributed by atoms with van der Waals surface area (Å²) in [5, 5.41) is 11.4. The van der Waals surface area contributed by atoms with E-state index < -0.39 is 5.76 Å². The fraction of sp³-hybridized carbons (Fsp3) is 0.583. The van der Waals surface area contributed by atoms with Crippen LogP contribution in [0, 0.1) is 5.92 Å². The summed E-state index contributed by atoms with van der Waals surface area (Å²) >= 11 is 0.448. The van der Waals surface area contributed by atoms with Gasteiger partial charge in [-0.15, -0.1) is 0 Å². The van der Waals surface area contributed by atoms with Crippen LogP contribution in [0.25, 0.3) is 0 Å².